The van der Waals surface area contributed by atoms with Crippen molar-refractivity contribution in [1.29, 1.82) is 0 Å². The molecule has 0 aliphatic heterocycles. The maximum atomic E-state index is 11.7. The van der Waals surface area contributed by atoms with Crippen LogP contribution in [0.15, 0.2) is 24.3 Å². The summed E-state index contributed by atoms with van der Waals surface area (Å²) in [5.74, 6) is 0.0692. The number of carbonyl (C=O) groups excluding carboxylic acids is 1. The van der Waals surface area contributed by atoms with Crippen LogP contribution in [0.25, 0.3) is 0 Å². The van der Waals surface area contributed by atoms with Crippen molar-refractivity contribution in [3.63, 3.8) is 0 Å². The Hall–Kier alpha value is -1.35. The molecule has 0 fully saturated rings. The van der Waals surface area contributed by atoms with Crippen molar-refractivity contribution >= 4 is 11.6 Å². The summed E-state index contributed by atoms with van der Waals surface area (Å²) in [4.78, 5) is 11.7. The number of hydrogen-bond donors (Lipinski definition) is 2. The van der Waals surface area contributed by atoms with Crippen molar-refractivity contribution in [2.24, 2.45) is 5.92 Å². The average molecular weight is 221 g/mol. The first-order valence-electron chi connectivity index (χ1n) is 5.68. The fourth-order valence-electron chi connectivity index (χ4n) is 1.58. The van der Waals surface area contributed by atoms with Crippen LogP contribution in [0.3, 0.4) is 0 Å². The molecule has 0 radical (unpaired) electrons. The van der Waals surface area contributed by atoms with Crippen LogP contribution in [0, 0.1) is 5.92 Å². The molecule has 0 saturated carbocycles. The van der Waals surface area contributed by atoms with Crippen molar-refractivity contribution in [1.82, 2.24) is 0 Å². The Labute approximate surface area is 96.5 Å². The van der Waals surface area contributed by atoms with E-state index in [1.807, 2.05) is 25.1 Å². The summed E-state index contributed by atoms with van der Waals surface area (Å²) in [5.41, 5.74) is 1.56. The van der Waals surface area contributed by atoms with Gasteiger partial charge in [0.05, 0.1) is 6.61 Å². The van der Waals surface area contributed by atoms with Crippen molar-refractivity contribution in [3.8, 4) is 0 Å². The van der Waals surface area contributed by atoms with Crippen LogP contribution in [0.4, 0.5) is 5.69 Å². The number of anilines is 1. The maximum Gasteiger partial charge on any atom is 0.227 e. The molecule has 1 aromatic rings. The second kappa shape index (κ2) is 6.28. The SMILES string of the molecule is CCCC(C)C(=O)Nc1cccc(CO)c1. The lowest BCUT2D eigenvalue weighted by atomic mass is 10.1. The predicted octanol–water partition coefficient (Wildman–Crippen LogP) is 2.55. The maximum absolute atomic E-state index is 11.7. The molecule has 1 atom stereocenters. The first-order valence-corrected chi connectivity index (χ1v) is 5.68. The third kappa shape index (κ3) is 3.66. The molecular weight excluding hydrogens is 202 g/mol. The van der Waals surface area contributed by atoms with Crippen molar-refractivity contribution in [3.05, 3.63) is 29.8 Å². The molecule has 3 nitrogen and oxygen atoms in total. The summed E-state index contributed by atoms with van der Waals surface area (Å²) in [7, 11) is 0. The molecule has 1 aromatic carbocycles. The van der Waals surface area contributed by atoms with Gasteiger partial charge in [-0.15, -0.1) is 0 Å². The molecule has 0 bridgehead atoms. The number of benzene rings is 1. The second-order valence-corrected chi connectivity index (χ2v) is 4.04. The summed E-state index contributed by atoms with van der Waals surface area (Å²) in [5, 5.41) is 11.8. The number of rotatable bonds is 5. The standard InChI is InChI=1S/C13H19NO2/c1-3-5-10(2)13(16)14-12-7-4-6-11(8-12)9-15/h4,6-8,10,15H,3,5,9H2,1-2H3,(H,14,16). The molecule has 16 heavy (non-hydrogen) atoms. The Morgan fingerprint density at radius 1 is 1.50 bits per heavy atom. The smallest absolute Gasteiger partial charge is 0.227 e. The minimum Gasteiger partial charge on any atom is -0.392 e. The Bertz CT molecular complexity index is 350. The van der Waals surface area contributed by atoms with Gasteiger partial charge >= 0.3 is 0 Å². The van der Waals surface area contributed by atoms with Crippen LogP contribution in [-0.4, -0.2) is 11.0 Å². The third-order valence-corrected chi connectivity index (χ3v) is 2.55. The molecule has 88 valence electrons. The second-order valence-electron chi connectivity index (χ2n) is 4.04. The van der Waals surface area contributed by atoms with E-state index in [9.17, 15) is 4.79 Å². The van der Waals surface area contributed by atoms with Gasteiger partial charge in [-0.25, -0.2) is 0 Å². The summed E-state index contributed by atoms with van der Waals surface area (Å²) < 4.78 is 0. The molecule has 2 N–H and O–H groups in total. The largest absolute Gasteiger partial charge is 0.392 e. The minimum atomic E-state index is -0.00573. The monoisotopic (exact) mass is 221 g/mol. The Balaban J connectivity index is 2.61. The molecule has 3 heteroatoms. The van der Waals surface area contributed by atoms with Gasteiger partial charge in [-0.1, -0.05) is 32.4 Å². The first kappa shape index (κ1) is 12.7. The molecule has 0 spiro atoms. The van der Waals surface area contributed by atoms with E-state index >= 15 is 0 Å². The Morgan fingerprint density at radius 2 is 2.25 bits per heavy atom. The van der Waals surface area contributed by atoms with Gasteiger partial charge < -0.3 is 10.4 Å². The van der Waals surface area contributed by atoms with Gasteiger partial charge in [0.2, 0.25) is 5.91 Å². The highest BCUT2D eigenvalue weighted by Crippen LogP contribution is 2.13. The molecule has 0 aromatic heterocycles. The number of nitrogens with one attached hydrogen (secondary N) is 1. The Morgan fingerprint density at radius 3 is 2.88 bits per heavy atom. The molecule has 0 aliphatic rings. The van der Waals surface area contributed by atoms with E-state index in [1.54, 1.807) is 6.07 Å². The molecule has 1 amide bonds. The van der Waals surface area contributed by atoms with Crippen LogP contribution in [-0.2, 0) is 11.4 Å². The van der Waals surface area contributed by atoms with Gasteiger partial charge in [0.15, 0.2) is 0 Å². The molecule has 0 heterocycles. The van der Waals surface area contributed by atoms with Crippen molar-refractivity contribution in [2.75, 3.05) is 5.32 Å². The lowest BCUT2D eigenvalue weighted by Gasteiger charge is -2.11. The molecule has 1 rings (SSSR count). The van der Waals surface area contributed by atoms with Crippen LogP contribution < -0.4 is 5.32 Å². The van der Waals surface area contributed by atoms with E-state index in [0.717, 1.165) is 24.1 Å². The third-order valence-electron chi connectivity index (χ3n) is 2.55. The van der Waals surface area contributed by atoms with Crippen molar-refractivity contribution < 1.29 is 9.90 Å². The topological polar surface area (TPSA) is 49.3 Å². The predicted molar refractivity (Wildman–Crippen MR) is 65.1 cm³/mol. The van der Waals surface area contributed by atoms with Crippen LogP contribution in [0.1, 0.15) is 32.3 Å². The highest BCUT2D eigenvalue weighted by molar-refractivity contribution is 5.92. The van der Waals surface area contributed by atoms with Crippen LogP contribution >= 0.6 is 0 Å². The van der Waals surface area contributed by atoms with Gasteiger partial charge in [0.1, 0.15) is 0 Å². The number of aliphatic hydroxyl groups excluding tert-OH is 1. The van der Waals surface area contributed by atoms with Gasteiger partial charge in [-0.2, -0.15) is 0 Å². The number of carbonyl (C=O) groups is 1. The molecule has 1 unspecified atom stereocenters. The van der Waals surface area contributed by atoms with E-state index in [1.165, 1.54) is 0 Å². The van der Waals surface area contributed by atoms with Crippen LogP contribution in [0.5, 0.6) is 0 Å². The van der Waals surface area contributed by atoms with Gasteiger partial charge in [-0.05, 0) is 24.1 Å². The molecular formula is C13H19NO2. The van der Waals surface area contributed by atoms with E-state index in [-0.39, 0.29) is 18.4 Å². The minimum absolute atomic E-state index is 0.00573. The van der Waals surface area contributed by atoms with E-state index in [2.05, 4.69) is 12.2 Å². The molecule has 0 aliphatic carbocycles. The van der Waals surface area contributed by atoms with Crippen molar-refractivity contribution in [2.45, 2.75) is 33.3 Å². The normalized spacial score (nSPS) is 12.2. The fraction of sp³-hybridized carbons (Fsp3) is 0.462. The Kier molecular flexibility index (Phi) is 4.99. The number of hydrogen-bond acceptors (Lipinski definition) is 2. The summed E-state index contributed by atoms with van der Waals surface area (Å²) in [6.45, 7) is 3.99. The number of amides is 1. The first-order chi connectivity index (χ1) is 7.67. The number of aliphatic hydroxyl groups is 1. The van der Waals surface area contributed by atoms with E-state index in [4.69, 9.17) is 5.11 Å². The highest BCUT2D eigenvalue weighted by Gasteiger charge is 2.11. The van der Waals surface area contributed by atoms with Gasteiger partial charge in [0, 0.05) is 11.6 Å². The lowest BCUT2D eigenvalue weighted by molar-refractivity contribution is -0.119. The van der Waals surface area contributed by atoms with Gasteiger partial charge in [0.25, 0.3) is 0 Å². The zero-order valence-electron chi connectivity index (χ0n) is 9.86. The zero-order valence-corrected chi connectivity index (χ0v) is 9.86. The summed E-state index contributed by atoms with van der Waals surface area (Å²) in [6.07, 6.45) is 1.90. The van der Waals surface area contributed by atoms with E-state index in [0.29, 0.717) is 0 Å². The summed E-state index contributed by atoms with van der Waals surface area (Å²) in [6, 6.07) is 7.27. The quantitative estimate of drug-likeness (QED) is 0.802. The van der Waals surface area contributed by atoms with Gasteiger partial charge in [-0.3, -0.25) is 4.79 Å². The zero-order chi connectivity index (χ0) is 12.0. The average Bonchev–Trinajstić information content (AvgIpc) is 2.29. The highest BCUT2D eigenvalue weighted by atomic mass is 16.3. The molecule has 0 saturated heterocycles. The van der Waals surface area contributed by atoms with Crippen LogP contribution in [0.2, 0.25) is 0 Å². The summed E-state index contributed by atoms with van der Waals surface area (Å²) >= 11 is 0. The lowest BCUT2D eigenvalue weighted by Crippen LogP contribution is -2.20. The fourth-order valence-corrected chi connectivity index (χ4v) is 1.58. The van der Waals surface area contributed by atoms with E-state index < -0.39 is 0 Å².